The Balaban J connectivity index is 1.62. The van der Waals surface area contributed by atoms with Crippen molar-refractivity contribution >= 4 is 11.8 Å². The molecule has 188 valence electrons. The van der Waals surface area contributed by atoms with Crippen molar-refractivity contribution in [3.8, 4) is 11.1 Å². The fraction of sp³-hybridized carbons (Fsp3) is 0.259. The quantitative estimate of drug-likeness (QED) is 0.327. The van der Waals surface area contributed by atoms with Crippen molar-refractivity contribution in [2.45, 2.75) is 44.1 Å². The fourth-order valence-corrected chi connectivity index (χ4v) is 4.66. The van der Waals surface area contributed by atoms with Crippen LogP contribution in [-0.2, 0) is 28.7 Å². The van der Waals surface area contributed by atoms with Crippen molar-refractivity contribution in [2.24, 2.45) is 0 Å². The van der Waals surface area contributed by atoms with Gasteiger partial charge in [0.05, 0.1) is 17.7 Å². The summed E-state index contributed by atoms with van der Waals surface area (Å²) in [7, 11) is 0. The summed E-state index contributed by atoms with van der Waals surface area (Å²) in [5.74, 6) is -1.10. The Labute approximate surface area is 205 Å². The van der Waals surface area contributed by atoms with Crippen molar-refractivity contribution in [1.29, 1.82) is 0 Å². The fourth-order valence-electron chi connectivity index (χ4n) is 4.66. The van der Waals surface area contributed by atoms with Crippen LogP contribution in [0, 0.1) is 0 Å². The minimum Gasteiger partial charge on any atom is -0.390 e. The monoisotopic (exact) mass is 498 g/mol. The minimum absolute atomic E-state index is 0.0552. The number of hydroxylamine groups is 1. The number of aliphatic hydroxyl groups excluding tert-OH is 1. The zero-order valence-electron chi connectivity index (χ0n) is 19.2. The van der Waals surface area contributed by atoms with Crippen LogP contribution >= 0.6 is 0 Å². The number of alkyl halides is 3. The molecule has 1 aliphatic rings. The summed E-state index contributed by atoms with van der Waals surface area (Å²) in [5.41, 5.74) is 3.58. The molecular formula is C27H25F3N2O4. The summed E-state index contributed by atoms with van der Waals surface area (Å²) in [6.07, 6.45) is -5.39. The SMILES string of the molecule is O=C(CCC(=O)N(Cc1ccc(-c2ccccc2C(F)(F)F)cc1)[C@H]1c2ccccc2C[C@H]1O)NO. The molecule has 3 aromatic carbocycles. The van der Waals surface area contributed by atoms with Crippen molar-refractivity contribution in [3.05, 3.63) is 95.1 Å². The van der Waals surface area contributed by atoms with Crippen molar-refractivity contribution in [1.82, 2.24) is 10.4 Å². The van der Waals surface area contributed by atoms with Gasteiger partial charge in [-0.15, -0.1) is 0 Å². The van der Waals surface area contributed by atoms with Gasteiger partial charge in [0.25, 0.3) is 0 Å². The van der Waals surface area contributed by atoms with E-state index in [0.29, 0.717) is 17.5 Å². The van der Waals surface area contributed by atoms with E-state index in [-0.39, 0.29) is 24.9 Å². The van der Waals surface area contributed by atoms with Gasteiger partial charge < -0.3 is 10.0 Å². The zero-order chi connectivity index (χ0) is 25.9. The number of carbonyl (C=O) groups excluding carboxylic acids is 2. The smallest absolute Gasteiger partial charge is 0.390 e. The van der Waals surface area contributed by atoms with Gasteiger partial charge in [-0.05, 0) is 33.9 Å². The summed E-state index contributed by atoms with van der Waals surface area (Å²) < 4.78 is 40.3. The molecule has 0 saturated heterocycles. The molecule has 0 fully saturated rings. The number of aliphatic hydroxyl groups is 1. The molecular weight excluding hydrogens is 473 g/mol. The molecule has 6 nitrogen and oxygen atoms in total. The van der Waals surface area contributed by atoms with E-state index in [1.54, 1.807) is 30.3 Å². The Kier molecular flexibility index (Phi) is 7.42. The highest BCUT2D eigenvalue weighted by molar-refractivity contribution is 5.83. The van der Waals surface area contributed by atoms with Gasteiger partial charge in [0.1, 0.15) is 0 Å². The zero-order valence-corrected chi connectivity index (χ0v) is 19.2. The maximum absolute atomic E-state index is 13.4. The molecule has 0 heterocycles. The molecule has 0 saturated carbocycles. The van der Waals surface area contributed by atoms with Crippen LogP contribution in [0.25, 0.3) is 11.1 Å². The van der Waals surface area contributed by atoms with Gasteiger partial charge in [-0.3, -0.25) is 14.8 Å². The lowest BCUT2D eigenvalue weighted by molar-refractivity contribution is -0.140. The van der Waals surface area contributed by atoms with Crippen LogP contribution < -0.4 is 5.48 Å². The van der Waals surface area contributed by atoms with Crippen LogP contribution in [-0.4, -0.2) is 33.1 Å². The van der Waals surface area contributed by atoms with Crippen LogP contribution in [0.3, 0.4) is 0 Å². The molecule has 0 radical (unpaired) electrons. The van der Waals surface area contributed by atoms with E-state index < -0.39 is 35.7 Å². The lowest BCUT2D eigenvalue weighted by Crippen LogP contribution is -2.39. The number of nitrogens with one attached hydrogen (secondary N) is 1. The lowest BCUT2D eigenvalue weighted by atomic mass is 9.98. The molecule has 9 heteroatoms. The second-order valence-electron chi connectivity index (χ2n) is 8.71. The van der Waals surface area contributed by atoms with Gasteiger partial charge in [-0.1, -0.05) is 66.7 Å². The summed E-state index contributed by atoms with van der Waals surface area (Å²) in [6, 6.07) is 18.5. The predicted octanol–water partition coefficient (Wildman–Crippen LogP) is 4.64. The average molecular weight is 499 g/mol. The number of nitrogens with zero attached hydrogens (tertiary/aromatic N) is 1. The van der Waals surface area contributed by atoms with E-state index in [1.807, 2.05) is 24.3 Å². The van der Waals surface area contributed by atoms with E-state index in [1.165, 1.54) is 22.5 Å². The van der Waals surface area contributed by atoms with Crippen molar-refractivity contribution < 1.29 is 33.1 Å². The molecule has 0 bridgehead atoms. The molecule has 0 aliphatic heterocycles. The molecule has 1 aliphatic carbocycles. The van der Waals surface area contributed by atoms with Crippen LogP contribution in [0.5, 0.6) is 0 Å². The molecule has 4 rings (SSSR count). The van der Waals surface area contributed by atoms with Gasteiger partial charge >= 0.3 is 6.18 Å². The summed E-state index contributed by atoms with van der Waals surface area (Å²) >= 11 is 0. The van der Waals surface area contributed by atoms with E-state index in [4.69, 9.17) is 5.21 Å². The van der Waals surface area contributed by atoms with E-state index in [2.05, 4.69) is 0 Å². The Morgan fingerprint density at radius 2 is 1.61 bits per heavy atom. The lowest BCUT2D eigenvalue weighted by Gasteiger charge is -2.32. The maximum Gasteiger partial charge on any atom is 0.417 e. The first-order valence-electron chi connectivity index (χ1n) is 11.4. The van der Waals surface area contributed by atoms with Gasteiger partial charge in [0, 0.05) is 25.8 Å². The molecule has 2 amide bonds. The number of hydrogen-bond acceptors (Lipinski definition) is 4. The summed E-state index contributed by atoms with van der Waals surface area (Å²) in [5, 5.41) is 19.6. The number of hydrogen-bond donors (Lipinski definition) is 3. The molecule has 2 atom stereocenters. The molecule has 3 N–H and O–H groups in total. The third-order valence-corrected chi connectivity index (χ3v) is 6.36. The number of carbonyl (C=O) groups is 2. The number of fused-ring (bicyclic) bond motifs is 1. The third kappa shape index (κ3) is 5.42. The van der Waals surface area contributed by atoms with Gasteiger partial charge in [-0.25, -0.2) is 5.48 Å². The third-order valence-electron chi connectivity index (χ3n) is 6.36. The highest BCUT2D eigenvalue weighted by Gasteiger charge is 2.38. The minimum atomic E-state index is -4.49. The van der Waals surface area contributed by atoms with Crippen LogP contribution in [0.2, 0.25) is 0 Å². The van der Waals surface area contributed by atoms with E-state index in [9.17, 15) is 27.9 Å². The van der Waals surface area contributed by atoms with E-state index >= 15 is 0 Å². The average Bonchev–Trinajstić information content (AvgIpc) is 3.20. The molecule has 0 aromatic heterocycles. The first kappa shape index (κ1) is 25.4. The van der Waals surface area contributed by atoms with Gasteiger partial charge in [0.15, 0.2) is 0 Å². The first-order chi connectivity index (χ1) is 17.2. The Hall–Kier alpha value is -3.69. The van der Waals surface area contributed by atoms with Gasteiger partial charge in [-0.2, -0.15) is 13.2 Å². The Morgan fingerprint density at radius 1 is 0.944 bits per heavy atom. The van der Waals surface area contributed by atoms with Crippen molar-refractivity contribution in [2.75, 3.05) is 0 Å². The number of amides is 2. The number of halogens is 3. The predicted molar refractivity (Wildman–Crippen MR) is 125 cm³/mol. The van der Waals surface area contributed by atoms with E-state index in [0.717, 1.165) is 17.2 Å². The van der Waals surface area contributed by atoms with Crippen LogP contribution in [0.15, 0.2) is 72.8 Å². The molecule has 3 aromatic rings. The van der Waals surface area contributed by atoms with Gasteiger partial charge in [0.2, 0.25) is 11.8 Å². The highest BCUT2D eigenvalue weighted by Crippen LogP contribution is 2.39. The molecule has 0 unspecified atom stereocenters. The van der Waals surface area contributed by atoms with Crippen molar-refractivity contribution in [3.63, 3.8) is 0 Å². The van der Waals surface area contributed by atoms with Crippen LogP contribution in [0.4, 0.5) is 13.2 Å². The second-order valence-corrected chi connectivity index (χ2v) is 8.71. The first-order valence-corrected chi connectivity index (χ1v) is 11.4. The standard InChI is InChI=1S/C27H25F3N2O4/c28-27(29,30)22-8-4-3-6-20(22)18-11-9-17(10-12-18)16-32(25(35)14-13-24(34)31-36)26-21-7-2-1-5-19(21)15-23(26)33/h1-12,23,26,33,36H,13-16H2,(H,31,34)/t23-,26+/m1/s1. The number of benzene rings is 3. The summed E-state index contributed by atoms with van der Waals surface area (Å²) in [6.45, 7) is 0.0802. The number of rotatable bonds is 7. The molecule has 36 heavy (non-hydrogen) atoms. The maximum atomic E-state index is 13.4. The Morgan fingerprint density at radius 3 is 2.31 bits per heavy atom. The normalized spacial score (nSPS) is 16.9. The topological polar surface area (TPSA) is 89.9 Å². The second kappa shape index (κ2) is 10.5. The van der Waals surface area contributed by atoms with Crippen LogP contribution in [0.1, 0.15) is 41.1 Å². The summed E-state index contributed by atoms with van der Waals surface area (Å²) in [4.78, 5) is 26.2. The highest BCUT2D eigenvalue weighted by atomic mass is 19.4. The molecule has 0 spiro atoms. The largest absolute Gasteiger partial charge is 0.417 e. The Bertz CT molecular complexity index is 1240.